The molecule has 0 radical (unpaired) electrons. The summed E-state index contributed by atoms with van der Waals surface area (Å²) in [4.78, 5) is 20.6. The van der Waals surface area contributed by atoms with Gasteiger partial charge in [0, 0.05) is 0 Å². The second-order valence-electron chi connectivity index (χ2n) is 3.45. The Morgan fingerprint density at radius 1 is 1.78 bits per heavy atom. The van der Waals surface area contributed by atoms with Crippen molar-refractivity contribution in [2.24, 2.45) is 10.8 Å². The third-order valence-corrected chi connectivity index (χ3v) is 1.81. The average Bonchev–Trinajstić information content (AvgIpc) is 2.72. The molecule has 0 saturated carbocycles. The van der Waals surface area contributed by atoms with Gasteiger partial charge in [0.25, 0.3) is 0 Å². The molecule has 1 rings (SSSR count). The highest BCUT2D eigenvalue weighted by atomic mass is 16.6. The lowest BCUT2D eigenvalue weighted by molar-refractivity contribution is -0.402. The number of nitrogens with zero attached hydrogens (tertiary/aromatic N) is 3. The van der Waals surface area contributed by atoms with Gasteiger partial charge in [0.2, 0.25) is 0 Å². The molecule has 0 aliphatic rings. The van der Waals surface area contributed by atoms with E-state index in [9.17, 15) is 14.9 Å². The van der Waals surface area contributed by atoms with Crippen molar-refractivity contribution < 1.29 is 19.2 Å². The molecule has 0 spiro atoms. The molecule has 9 nitrogen and oxygen atoms in total. The van der Waals surface area contributed by atoms with Gasteiger partial charge in [-0.15, -0.1) is 0 Å². The predicted octanol–water partition coefficient (Wildman–Crippen LogP) is 0.283. The highest BCUT2D eigenvalue weighted by Gasteiger charge is 2.13. The first kappa shape index (κ1) is 13.6. The molecule has 0 fully saturated rings. The van der Waals surface area contributed by atoms with Crippen LogP contribution in [0.5, 0.6) is 0 Å². The van der Waals surface area contributed by atoms with E-state index in [4.69, 9.17) is 15.3 Å². The van der Waals surface area contributed by atoms with Crippen molar-refractivity contribution in [2.75, 3.05) is 6.54 Å². The summed E-state index contributed by atoms with van der Waals surface area (Å²) in [5, 5.41) is 23.9. The number of hydrogen-bond donors (Lipinski definition) is 2. The van der Waals surface area contributed by atoms with Crippen LogP contribution in [0.4, 0.5) is 10.7 Å². The Labute approximate surface area is 102 Å². The van der Waals surface area contributed by atoms with Gasteiger partial charge in [-0.1, -0.05) is 0 Å². The van der Waals surface area contributed by atoms with Gasteiger partial charge in [-0.2, -0.15) is 5.10 Å². The first-order valence-corrected chi connectivity index (χ1v) is 4.93. The van der Waals surface area contributed by atoms with Gasteiger partial charge in [-0.25, -0.2) is 9.80 Å². The SMILES string of the molecule is C[C@@H](O)CN(N=Cc1ccc([N+](=O)[O-])o1)C(N)=O. The first-order chi connectivity index (χ1) is 8.40. The summed E-state index contributed by atoms with van der Waals surface area (Å²) in [6.07, 6.45) is 0.292. The van der Waals surface area contributed by atoms with Gasteiger partial charge in [0.15, 0.2) is 5.76 Å². The van der Waals surface area contributed by atoms with Crippen LogP contribution < -0.4 is 5.73 Å². The van der Waals surface area contributed by atoms with Gasteiger partial charge in [-0.3, -0.25) is 10.1 Å². The van der Waals surface area contributed by atoms with Crippen LogP contribution in [-0.4, -0.2) is 39.9 Å². The van der Waals surface area contributed by atoms with E-state index in [-0.39, 0.29) is 12.3 Å². The number of carbonyl (C=O) groups excluding carboxylic acids is 1. The van der Waals surface area contributed by atoms with Gasteiger partial charge in [0.1, 0.15) is 4.92 Å². The fourth-order valence-electron chi connectivity index (χ4n) is 1.08. The maximum atomic E-state index is 11.0. The Bertz CT molecular complexity index is 467. The second-order valence-corrected chi connectivity index (χ2v) is 3.45. The number of nitrogens with two attached hydrogens (primary N) is 1. The largest absolute Gasteiger partial charge is 0.433 e. The molecule has 1 heterocycles. The van der Waals surface area contributed by atoms with Crippen molar-refractivity contribution in [1.82, 2.24) is 5.01 Å². The summed E-state index contributed by atoms with van der Waals surface area (Å²) < 4.78 is 4.79. The number of furan rings is 1. The summed E-state index contributed by atoms with van der Waals surface area (Å²) in [6.45, 7) is 1.37. The molecule has 1 aromatic heterocycles. The summed E-state index contributed by atoms with van der Waals surface area (Å²) in [5.74, 6) is -0.337. The van der Waals surface area contributed by atoms with Crippen LogP contribution in [0.25, 0.3) is 0 Å². The van der Waals surface area contributed by atoms with Crippen LogP contribution >= 0.6 is 0 Å². The highest BCUT2D eigenvalue weighted by Crippen LogP contribution is 2.13. The van der Waals surface area contributed by atoms with Gasteiger partial charge < -0.3 is 15.3 Å². The Morgan fingerprint density at radius 2 is 2.44 bits per heavy atom. The molecule has 3 N–H and O–H groups in total. The Balaban J connectivity index is 2.75. The fraction of sp³-hybridized carbons (Fsp3) is 0.333. The van der Waals surface area contributed by atoms with Gasteiger partial charge in [0.05, 0.1) is 24.9 Å². The number of aliphatic hydroxyl groups is 1. The zero-order chi connectivity index (χ0) is 13.7. The summed E-state index contributed by atoms with van der Waals surface area (Å²) in [5.41, 5.74) is 5.03. The van der Waals surface area contributed by atoms with E-state index in [2.05, 4.69) is 5.10 Å². The molecule has 1 atom stereocenters. The van der Waals surface area contributed by atoms with Crippen molar-refractivity contribution in [2.45, 2.75) is 13.0 Å². The van der Waals surface area contributed by atoms with Crippen molar-refractivity contribution >= 4 is 18.1 Å². The zero-order valence-corrected chi connectivity index (χ0v) is 9.52. The first-order valence-electron chi connectivity index (χ1n) is 4.93. The molecule has 0 saturated heterocycles. The molecule has 1 aromatic rings. The van der Waals surface area contributed by atoms with Crippen LogP contribution in [0, 0.1) is 10.1 Å². The topological polar surface area (TPSA) is 135 Å². The van der Waals surface area contributed by atoms with E-state index in [1.807, 2.05) is 0 Å². The minimum atomic E-state index is -0.854. The predicted molar refractivity (Wildman–Crippen MR) is 60.9 cm³/mol. The molecule has 0 aromatic carbocycles. The Morgan fingerprint density at radius 3 is 2.89 bits per heavy atom. The Hall–Kier alpha value is -2.42. The van der Waals surface area contributed by atoms with Crippen LogP contribution in [0.2, 0.25) is 0 Å². The lowest BCUT2D eigenvalue weighted by atomic mass is 10.4. The number of aliphatic hydroxyl groups excluding tert-OH is 1. The number of nitro groups is 1. The second kappa shape index (κ2) is 5.77. The number of amides is 2. The highest BCUT2D eigenvalue weighted by molar-refractivity contribution is 5.79. The van der Waals surface area contributed by atoms with Crippen LogP contribution in [0.3, 0.4) is 0 Å². The van der Waals surface area contributed by atoms with E-state index in [0.717, 1.165) is 17.3 Å². The van der Waals surface area contributed by atoms with E-state index >= 15 is 0 Å². The maximum Gasteiger partial charge on any atom is 0.433 e. The van der Waals surface area contributed by atoms with E-state index in [1.54, 1.807) is 0 Å². The molecule has 0 unspecified atom stereocenters. The van der Waals surface area contributed by atoms with Gasteiger partial charge >= 0.3 is 11.9 Å². The van der Waals surface area contributed by atoms with Crippen molar-refractivity contribution in [3.8, 4) is 0 Å². The number of rotatable bonds is 5. The van der Waals surface area contributed by atoms with Crippen molar-refractivity contribution in [3.05, 3.63) is 28.0 Å². The molecular formula is C9H12N4O5. The van der Waals surface area contributed by atoms with E-state index < -0.39 is 22.9 Å². The molecule has 0 aliphatic heterocycles. The molecule has 9 heteroatoms. The monoisotopic (exact) mass is 256 g/mol. The minimum Gasteiger partial charge on any atom is -0.400 e. The molecular weight excluding hydrogens is 244 g/mol. The lowest BCUT2D eigenvalue weighted by Crippen LogP contribution is -2.36. The molecule has 2 amide bonds. The number of hydrogen-bond acceptors (Lipinski definition) is 6. The molecule has 0 bridgehead atoms. The standard InChI is InChI=1S/C9H12N4O5/c1-6(14)5-12(9(10)15)11-4-7-2-3-8(18-7)13(16)17/h2-4,6,14H,5H2,1H3,(H2,10,15)/t6-/m1/s1. The van der Waals surface area contributed by atoms with Crippen LogP contribution in [0.1, 0.15) is 12.7 Å². The van der Waals surface area contributed by atoms with Gasteiger partial charge in [-0.05, 0) is 13.0 Å². The fourth-order valence-corrected chi connectivity index (χ4v) is 1.08. The molecule has 18 heavy (non-hydrogen) atoms. The van der Waals surface area contributed by atoms with Crippen LogP contribution in [-0.2, 0) is 0 Å². The smallest absolute Gasteiger partial charge is 0.400 e. The van der Waals surface area contributed by atoms with Crippen molar-refractivity contribution in [1.29, 1.82) is 0 Å². The Kier molecular flexibility index (Phi) is 4.38. The lowest BCUT2D eigenvalue weighted by Gasteiger charge is -2.15. The third kappa shape index (κ3) is 3.87. The maximum absolute atomic E-state index is 11.0. The van der Waals surface area contributed by atoms with E-state index in [1.165, 1.54) is 13.0 Å². The minimum absolute atomic E-state index is 0.0887. The number of carbonyl (C=O) groups is 1. The molecule has 98 valence electrons. The zero-order valence-electron chi connectivity index (χ0n) is 9.52. The molecule has 0 aliphatic carbocycles. The third-order valence-electron chi connectivity index (χ3n) is 1.81. The average molecular weight is 256 g/mol. The quantitative estimate of drug-likeness (QED) is 0.443. The number of urea groups is 1. The van der Waals surface area contributed by atoms with Crippen LogP contribution in [0.15, 0.2) is 21.7 Å². The van der Waals surface area contributed by atoms with Crippen molar-refractivity contribution in [3.63, 3.8) is 0 Å². The summed E-state index contributed by atoms with van der Waals surface area (Å²) >= 11 is 0. The number of hydrazone groups is 1. The van der Waals surface area contributed by atoms with E-state index in [0.29, 0.717) is 0 Å². The summed E-state index contributed by atoms with van der Waals surface area (Å²) in [6, 6.07) is 1.63. The normalized spacial score (nSPS) is 12.6. The summed E-state index contributed by atoms with van der Waals surface area (Å²) in [7, 11) is 0. The number of primary amides is 1.